The quantitative estimate of drug-likeness (QED) is 0.604. The Morgan fingerprint density at radius 3 is 1.84 bits per heavy atom. The first-order valence-electron chi connectivity index (χ1n) is 6.61. The molecule has 0 unspecified atom stereocenters. The predicted octanol–water partition coefficient (Wildman–Crippen LogP) is 0.633. The highest BCUT2D eigenvalue weighted by molar-refractivity contribution is 8.06. The number of nitro groups is 1. The number of nitrogens with zero attached hydrogens (tertiary/aromatic N) is 2. The molecule has 10 nitrogen and oxygen atoms in total. The average molecular weight is 383 g/mol. The van der Waals surface area contributed by atoms with Gasteiger partial charge in [-0.2, -0.15) is 0 Å². The van der Waals surface area contributed by atoms with Crippen molar-refractivity contribution < 1.29 is 26.6 Å². The van der Waals surface area contributed by atoms with Gasteiger partial charge in [0.05, 0.1) is 4.92 Å². The van der Waals surface area contributed by atoms with Crippen molar-refractivity contribution in [1.29, 1.82) is 0 Å². The molecule has 1 aliphatic rings. The highest BCUT2D eigenvalue weighted by atomic mass is 32.3. The molecule has 2 aromatic carbocycles. The third kappa shape index (κ3) is 2.65. The molecule has 0 aromatic heterocycles. The van der Waals surface area contributed by atoms with Crippen molar-refractivity contribution in [3.05, 3.63) is 64.2 Å². The van der Waals surface area contributed by atoms with E-state index in [-0.39, 0.29) is 15.1 Å². The molecule has 3 rings (SSSR count). The zero-order chi connectivity index (χ0) is 18.4. The van der Waals surface area contributed by atoms with Gasteiger partial charge < -0.3 is 0 Å². The molecule has 12 heteroatoms. The SMILES string of the molecule is O=C(NN1S(=O)(=O)c2ccccc2S1(=O)=O)c1ccc([N+](=O)[O-])cc1. The lowest BCUT2D eigenvalue weighted by molar-refractivity contribution is -0.384. The minimum Gasteiger partial charge on any atom is -0.268 e. The van der Waals surface area contributed by atoms with E-state index in [1.807, 2.05) is 5.43 Å². The summed E-state index contributed by atoms with van der Waals surface area (Å²) in [5.74, 6) is -1.05. The van der Waals surface area contributed by atoms with E-state index in [9.17, 15) is 31.7 Å². The van der Waals surface area contributed by atoms with E-state index < -0.39 is 40.7 Å². The summed E-state index contributed by atoms with van der Waals surface area (Å²) in [6.45, 7) is 0. The van der Waals surface area contributed by atoms with Crippen molar-refractivity contribution in [1.82, 2.24) is 9.25 Å². The van der Waals surface area contributed by atoms with Crippen LogP contribution in [-0.4, -0.2) is 31.5 Å². The standard InChI is InChI=1S/C13H9N3O7S2/c17-13(9-5-7-10(8-6-9)15(18)19)14-16-24(20,21)11-3-1-2-4-12(11)25(16,22)23/h1-8H,(H,14,17). The number of non-ortho nitro benzene ring substituents is 1. The van der Waals surface area contributed by atoms with Crippen LogP contribution in [0.2, 0.25) is 0 Å². The zero-order valence-corrected chi connectivity index (χ0v) is 13.8. The van der Waals surface area contributed by atoms with Gasteiger partial charge in [0.1, 0.15) is 9.79 Å². The molecule has 25 heavy (non-hydrogen) atoms. The highest BCUT2D eigenvalue weighted by Gasteiger charge is 2.48. The number of amides is 1. The average Bonchev–Trinajstić information content (AvgIpc) is 2.73. The van der Waals surface area contributed by atoms with Crippen LogP contribution >= 0.6 is 0 Å². The fourth-order valence-electron chi connectivity index (χ4n) is 2.19. The van der Waals surface area contributed by atoms with Crippen LogP contribution in [0, 0.1) is 10.1 Å². The normalized spacial score (nSPS) is 17.6. The predicted molar refractivity (Wildman–Crippen MR) is 83.2 cm³/mol. The molecule has 0 saturated heterocycles. The van der Waals surface area contributed by atoms with E-state index >= 15 is 0 Å². The second kappa shape index (κ2) is 5.61. The van der Waals surface area contributed by atoms with Gasteiger partial charge in [0.25, 0.3) is 31.6 Å². The summed E-state index contributed by atoms with van der Waals surface area (Å²) in [6, 6.07) is 9.17. The van der Waals surface area contributed by atoms with Crippen molar-refractivity contribution in [2.24, 2.45) is 0 Å². The third-order valence-electron chi connectivity index (χ3n) is 3.37. The molecular formula is C13H9N3O7S2. The highest BCUT2D eigenvalue weighted by Crippen LogP contribution is 2.34. The van der Waals surface area contributed by atoms with Gasteiger partial charge in [-0.25, -0.2) is 16.8 Å². The summed E-state index contributed by atoms with van der Waals surface area (Å²) in [5.41, 5.74) is 1.40. The molecule has 0 aliphatic carbocycles. The summed E-state index contributed by atoms with van der Waals surface area (Å²) < 4.78 is 49.3. The summed E-state index contributed by atoms with van der Waals surface area (Å²) in [7, 11) is -8.95. The Balaban J connectivity index is 1.96. The van der Waals surface area contributed by atoms with Crippen molar-refractivity contribution in [3.63, 3.8) is 0 Å². The number of rotatable bonds is 3. The van der Waals surface area contributed by atoms with Crippen LogP contribution in [0.1, 0.15) is 10.4 Å². The van der Waals surface area contributed by atoms with Gasteiger partial charge in [-0.05, 0) is 24.3 Å². The molecule has 0 fully saturated rings. The molecule has 0 spiro atoms. The minimum atomic E-state index is -4.47. The number of fused-ring (bicyclic) bond motifs is 1. The first-order valence-corrected chi connectivity index (χ1v) is 9.49. The zero-order valence-electron chi connectivity index (χ0n) is 12.2. The van der Waals surface area contributed by atoms with Crippen LogP contribution in [-0.2, 0) is 20.0 Å². The van der Waals surface area contributed by atoms with Crippen molar-refractivity contribution in [2.75, 3.05) is 0 Å². The first kappa shape index (κ1) is 17.0. The monoisotopic (exact) mass is 383 g/mol. The molecule has 0 atom stereocenters. The first-order chi connectivity index (χ1) is 11.7. The van der Waals surface area contributed by atoms with Gasteiger partial charge in [0.15, 0.2) is 0 Å². The minimum absolute atomic E-state index is 0.103. The smallest absolute Gasteiger partial charge is 0.268 e. The van der Waals surface area contributed by atoms with Crippen LogP contribution in [0.25, 0.3) is 0 Å². The molecule has 0 saturated carbocycles. The van der Waals surface area contributed by atoms with Crippen molar-refractivity contribution >= 4 is 31.6 Å². The van der Waals surface area contributed by atoms with Crippen LogP contribution in [0.15, 0.2) is 58.3 Å². The lowest BCUT2D eigenvalue weighted by atomic mass is 10.2. The molecule has 1 heterocycles. The number of hydrogen-bond acceptors (Lipinski definition) is 7. The molecule has 1 amide bonds. The lowest BCUT2D eigenvalue weighted by Gasteiger charge is -2.14. The van der Waals surface area contributed by atoms with Crippen LogP contribution < -0.4 is 5.43 Å². The summed E-state index contributed by atoms with van der Waals surface area (Å²) >= 11 is 0. The Morgan fingerprint density at radius 2 is 1.40 bits per heavy atom. The van der Waals surface area contributed by atoms with Gasteiger partial charge in [-0.15, -0.1) is 0 Å². The topological polar surface area (TPSA) is 144 Å². The van der Waals surface area contributed by atoms with Crippen molar-refractivity contribution in [2.45, 2.75) is 9.79 Å². The Morgan fingerprint density at radius 1 is 0.920 bits per heavy atom. The molecule has 1 N–H and O–H groups in total. The molecular weight excluding hydrogens is 374 g/mol. The van der Waals surface area contributed by atoms with Crippen LogP contribution in [0.4, 0.5) is 5.69 Å². The largest absolute Gasteiger partial charge is 0.275 e. The number of benzene rings is 2. The second-order valence-electron chi connectivity index (χ2n) is 4.90. The molecule has 2 aromatic rings. The van der Waals surface area contributed by atoms with Gasteiger partial charge in [0, 0.05) is 21.5 Å². The fraction of sp³-hybridized carbons (Fsp3) is 0. The Hall–Kier alpha value is -2.83. The number of nitro benzene ring substituents is 1. The van der Waals surface area contributed by atoms with E-state index in [2.05, 4.69) is 0 Å². The van der Waals surface area contributed by atoms with E-state index in [4.69, 9.17) is 0 Å². The number of carbonyl (C=O) groups excluding carboxylic acids is 1. The maximum absolute atomic E-state index is 12.4. The maximum Gasteiger partial charge on any atom is 0.275 e. The maximum atomic E-state index is 12.4. The van der Waals surface area contributed by atoms with Gasteiger partial charge in [-0.1, -0.05) is 12.1 Å². The van der Waals surface area contributed by atoms with Gasteiger partial charge in [0.2, 0.25) is 0 Å². The Labute approximate surface area is 141 Å². The molecule has 1 aliphatic heterocycles. The molecule has 130 valence electrons. The van der Waals surface area contributed by atoms with E-state index in [1.54, 1.807) is 0 Å². The lowest BCUT2D eigenvalue weighted by Crippen LogP contribution is -2.45. The number of sulfonamides is 2. The summed E-state index contributed by atoms with van der Waals surface area (Å²) in [5, 5.41) is 10.6. The summed E-state index contributed by atoms with van der Waals surface area (Å²) in [6.07, 6.45) is 0. The number of carbonyl (C=O) groups is 1. The van der Waals surface area contributed by atoms with Crippen molar-refractivity contribution in [3.8, 4) is 0 Å². The van der Waals surface area contributed by atoms with E-state index in [1.165, 1.54) is 12.1 Å². The molecule has 0 radical (unpaired) electrons. The molecule has 0 bridgehead atoms. The van der Waals surface area contributed by atoms with Gasteiger partial charge in [-0.3, -0.25) is 20.3 Å². The summed E-state index contributed by atoms with van der Waals surface area (Å²) in [4.78, 5) is 21.2. The van der Waals surface area contributed by atoms with Crippen LogP contribution in [0.5, 0.6) is 0 Å². The number of nitrogens with one attached hydrogen (secondary N) is 1. The fourth-order valence-corrected chi connectivity index (χ4v) is 6.24. The van der Waals surface area contributed by atoms with Crippen LogP contribution in [0.3, 0.4) is 0 Å². The Bertz CT molecular complexity index is 1040. The van der Waals surface area contributed by atoms with E-state index in [0.29, 0.717) is 0 Å². The number of hydrazine groups is 1. The van der Waals surface area contributed by atoms with Gasteiger partial charge >= 0.3 is 0 Å². The second-order valence-corrected chi connectivity index (χ2v) is 8.64. The number of hydrogen-bond donors (Lipinski definition) is 1. The third-order valence-corrected chi connectivity index (χ3v) is 7.56. The van der Waals surface area contributed by atoms with E-state index in [0.717, 1.165) is 36.4 Å². The Kier molecular flexibility index (Phi) is 3.82.